The lowest BCUT2D eigenvalue weighted by Gasteiger charge is -2.05. The molecule has 0 radical (unpaired) electrons. The van der Waals surface area contributed by atoms with Crippen LogP contribution < -0.4 is 20.1 Å². The Balaban J connectivity index is 1.19. The minimum Gasteiger partial charge on any atom is -0.508 e. The lowest BCUT2D eigenvalue weighted by Crippen LogP contribution is -2.25. The van der Waals surface area contributed by atoms with Gasteiger partial charge in [-0.05, 0) is 60.0 Å². The Bertz CT molecular complexity index is 1270. The molecule has 1 aliphatic heterocycles. The van der Waals surface area contributed by atoms with E-state index in [4.69, 9.17) is 9.47 Å². The number of anilines is 1. The molecule has 2 heterocycles. The van der Waals surface area contributed by atoms with Crippen molar-refractivity contribution in [3.8, 4) is 17.2 Å². The Hall–Kier alpha value is -3.78. The van der Waals surface area contributed by atoms with Crippen LogP contribution in [0, 0.1) is 0 Å². The van der Waals surface area contributed by atoms with Crippen molar-refractivity contribution in [2.45, 2.75) is 13.0 Å². The van der Waals surface area contributed by atoms with Crippen molar-refractivity contribution in [2.24, 2.45) is 0 Å². The first-order chi connectivity index (χ1) is 15.6. The van der Waals surface area contributed by atoms with Crippen LogP contribution in [-0.4, -0.2) is 29.3 Å². The number of carbonyl (C=O) groups excluding carboxylic acids is 1. The highest BCUT2D eigenvalue weighted by molar-refractivity contribution is 7.22. The van der Waals surface area contributed by atoms with Crippen LogP contribution in [0.2, 0.25) is 0 Å². The SMILES string of the molecule is O=C(NCCc1ccc(O)cc1)c1ccc2nc(NCc3ccc4c(c3)OCO4)sc2c1. The summed E-state index contributed by atoms with van der Waals surface area (Å²) in [4.78, 5) is 17.1. The molecule has 0 aliphatic carbocycles. The highest BCUT2D eigenvalue weighted by atomic mass is 32.1. The average Bonchev–Trinajstić information content (AvgIpc) is 3.44. The van der Waals surface area contributed by atoms with Gasteiger partial charge in [-0.1, -0.05) is 29.5 Å². The molecule has 0 saturated carbocycles. The number of carbonyl (C=O) groups is 1. The van der Waals surface area contributed by atoms with Gasteiger partial charge in [0, 0.05) is 18.7 Å². The fraction of sp³-hybridized carbons (Fsp3) is 0.167. The van der Waals surface area contributed by atoms with E-state index in [1.165, 1.54) is 11.3 Å². The Morgan fingerprint density at radius 2 is 1.81 bits per heavy atom. The Labute approximate surface area is 188 Å². The third-order valence-electron chi connectivity index (χ3n) is 5.17. The van der Waals surface area contributed by atoms with E-state index in [-0.39, 0.29) is 18.4 Å². The van der Waals surface area contributed by atoms with Gasteiger partial charge >= 0.3 is 0 Å². The number of phenols is 1. The van der Waals surface area contributed by atoms with Crippen molar-refractivity contribution in [1.29, 1.82) is 0 Å². The lowest BCUT2D eigenvalue weighted by molar-refractivity contribution is 0.0954. The van der Waals surface area contributed by atoms with Crippen molar-refractivity contribution in [1.82, 2.24) is 10.3 Å². The maximum atomic E-state index is 12.5. The molecule has 1 aromatic heterocycles. The van der Waals surface area contributed by atoms with Gasteiger partial charge < -0.3 is 25.2 Å². The molecule has 8 heteroatoms. The number of rotatable bonds is 7. The third kappa shape index (κ3) is 4.45. The van der Waals surface area contributed by atoms with Gasteiger partial charge in [0.15, 0.2) is 16.6 Å². The summed E-state index contributed by atoms with van der Waals surface area (Å²) in [6, 6.07) is 18.4. The van der Waals surface area contributed by atoms with Gasteiger partial charge in [-0.2, -0.15) is 0 Å². The van der Waals surface area contributed by atoms with Crippen LogP contribution in [0.25, 0.3) is 10.2 Å². The number of hydrogen-bond acceptors (Lipinski definition) is 7. The van der Waals surface area contributed by atoms with E-state index in [1.54, 1.807) is 18.2 Å². The quantitative estimate of drug-likeness (QED) is 0.391. The standard InChI is InChI=1S/C24H21N3O4S/c28-18-5-1-15(2-6-18)9-10-25-23(29)17-4-7-19-22(12-17)32-24(27-19)26-13-16-3-8-20-21(11-16)31-14-30-20/h1-8,11-12,28H,9-10,13-14H2,(H,25,29)(H,26,27). The molecule has 7 nitrogen and oxygen atoms in total. The fourth-order valence-electron chi connectivity index (χ4n) is 3.46. The van der Waals surface area contributed by atoms with Gasteiger partial charge in [-0.3, -0.25) is 4.79 Å². The van der Waals surface area contributed by atoms with Gasteiger partial charge in [-0.25, -0.2) is 4.98 Å². The Kier molecular flexibility index (Phi) is 5.51. The number of benzene rings is 3. The Morgan fingerprint density at radius 1 is 1.00 bits per heavy atom. The normalized spacial score (nSPS) is 12.1. The first-order valence-corrected chi connectivity index (χ1v) is 11.0. The van der Waals surface area contributed by atoms with E-state index < -0.39 is 0 Å². The fourth-order valence-corrected chi connectivity index (χ4v) is 4.36. The molecule has 0 saturated heterocycles. The van der Waals surface area contributed by atoms with Crippen LogP contribution in [0.4, 0.5) is 5.13 Å². The monoisotopic (exact) mass is 447 g/mol. The summed E-state index contributed by atoms with van der Waals surface area (Å²) in [5.41, 5.74) is 3.58. The second-order valence-corrected chi connectivity index (χ2v) is 8.45. The van der Waals surface area contributed by atoms with Crippen molar-refractivity contribution in [3.63, 3.8) is 0 Å². The smallest absolute Gasteiger partial charge is 0.251 e. The van der Waals surface area contributed by atoms with Crippen molar-refractivity contribution >= 4 is 32.6 Å². The molecule has 1 amide bonds. The number of nitrogens with one attached hydrogen (secondary N) is 2. The van der Waals surface area contributed by atoms with E-state index >= 15 is 0 Å². The lowest BCUT2D eigenvalue weighted by atomic mass is 10.1. The number of aromatic hydroxyl groups is 1. The molecule has 0 fully saturated rings. The van der Waals surface area contributed by atoms with E-state index in [0.717, 1.165) is 38.0 Å². The number of ether oxygens (including phenoxy) is 2. The number of phenolic OH excluding ortho intramolecular Hbond substituents is 1. The topological polar surface area (TPSA) is 92.7 Å². The van der Waals surface area contributed by atoms with Gasteiger partial charge in [0.2, 0.25) is 6.79 Å². The van der Waals surface area contributed by atoms with E-state index in [2.05, 4.69) is 15.6 Å². The van der Waals surface area contributed by atoms with Crippen LogP contribution >= 0.6 is 11.3 Å². The van der Waals surface area contributed by atoms with E-state index in [9.17, 15) is 9.90 Å². The molecule has 4 aromatic rings. The second kappa shape index (κ2) is 8.76. The van der Waals surface area contributed by atoms with Crippen LogP contribution in [0.15, 0.2) is 60.7 Å². The number of fused-ring (bicyclic) bond motifs is 2. The molecule has 0 unspecified atom stereocenters. The summed E-state index contributed by atoms with van der Waals surface area (Å²) in [6.45, 7) is 1.39. The first kappa shape index (κ1) is 20.1. The number of nitrogens with zero attached hydrogens (tertiary/aromatic N) is 1. The minimum atomic E-state index is -0.117. The van der Waals surface area contributed by atoms with Crippen LogP contribution in [0.5, 0.6) is 17.2 Å². The number of aromatic nitrogens is 1. The maximum absolute atomic E-state index is 12.5. The summed E-state index contributed by atoms with van der Waals surface area (Å²) in [7, 11) is 0. The van der Waals surface area contributed by atoms with Crippen LogP contribution in [-0.2, 0) is 13.0 Å². The highest BCUT2D eigenvalue weighted by Crippen LogP contribution is 2.33. The van der Waals surface area contributed by atoms with Crippen LogP contribution in [0.3, 0.4) is 0 Å². The highest BCUT2D eigenvalue weighted by Gasteiger charge is 2.14. The predicted molar refractivity (Wildman–Crippen MR) is 124 cm³/mol. The Morgan fingerprint density at radius 3 is 2.69 bits per heavy atom. The van der Waals surface area contributed by atoms with Crippen molar-refractivity contribution in [2.75, 3.05) is 18.7 Å². The molecule has 0 bridgehead atoms. The van der Waals surface area contributed by atoms with E-state index in [1.807, 2.05) is 42.5 Å². The first-order valence-electron chi connectivity index (χ1n) is 10.2. The molecule has 32 heavy (non-hydrogen) atoms. The molecule has 3 N–H and O–H groups in total. The largest absolute Gasteiger partial charge is 0.508 e. The summed E-state index contributed by atoms with van der Waals surface area (Å²) in [6.07, 6.45) is 0.697. The maximum Gasteiger partial charge on any atom is 0.251 e. The zero-order valence-electron chi connectivity index (χ0n) is 17.1. The summed E-state index contributed by atoms with van der Waals surface area (Å²) < 4.78 is 11.7. The summed E-state index contributed by atoms with van der Waals surface area (Å²) in [5.74, 6) is 1.65. The second-order valence-electron chi connectivity index (χ2n) is 7.42. The molecule has 1 aliphatic rings. The van der Waals surface area contributed by atoms with Gasteiger partial charge in [0.25, 0.3) is 5.91 Å². The van der Waals surface area contributed by atoms with Crippen molar-refractivity contribution < 1.29 is 19.4 Å². The number of amides is 1. The zero-order chi connectivity index (χ0) is 21.9. The number of hydrogen-bond donors (Lipinski definition) is 3. The van der Waals surface area contributed by atoms with Gasteiger partial charge in [-0.15, -0.1) is 0 Å². The van der Waals surface area contributed by atoms with Gasteiger partial charge in [0.1, 0.15) is 5.75 Å². The van der Waals surface area contributed by atoms with Crippen LogP contribution in [0.1, 0.15) is 21.5 Å². The molecule has 0 atom stereocenters. The molecule has 0 spiro atoms. The zero-order valence-corrected chi connectivity index (χ0v) is 17.9. The van der Waals surface area contributed by atoms with E-state index in [0.29, 0.717) is 25.1 Å². The average molecular weight is 448 g/mol. The summed E-state index contributed by atoms with van der Waals surface area (Å²) in [5, 5.41) is 16.4. The molecular formula is C24H21N3O4S. The predicted octanol–water partition coefficient (Wildman–Crippen LogP) is 4.32. The molecule has 5 rings (SSSR count). The third-order valence-corrected chi connectivity index (χ3v) is 6.14. The molecular weight excluding hydrogens is 426 g/mol. The molecule has 162 valence electrons. The number of thiazole rings is 1. The van der Waals surface area contributed by atoms with Crippen molar-refractivity contribution in [3.05, 3.63) is 77.4 Å². The van der Waals surface area contributed by atoms with Gasteiger partial charge in [0.05, 0.1) is 10.2 Å². The summed E-state index contributed by atoms with van der Waals surface area (Å²) >= 11 is 1.51. The molecule has 3 aromatic carbocycles. The minimum absolute atomic E-state index is 0.117.